The van der Waals surface area contributed by atoms with Crippen molar-refractivity contribution in [2.45, 2.75) is 45.6 Å². The van der Waals surface area contributed by atoms with Gasteiger partial charge in [0.25, 0.3) is 0 Å². The molecule has 1 saturated heterocycles. The highest BCUT2D eigenvalue weighted by Crippen LogP contribution is 2.36. The maximum absolute atomic E-state index is 11.3. The van der Waals surface area contributed by atoms with E-state index >= 15 is 0 Å². The summed E-state index contributed by atoms with van der Waals surface area (Å²) in [6.45, 7) is 6.78. The molecule has 3 heteroatoms. The number of piperidine rings is 1. The van der Waals surface area contributed by atoms with Gasteiger partial charge in [0.1, 0.15) is 5.54 Å². The van der Waals surface area contributed by atoms with E-state index in [9.17, 15) is 9.90 Å². The van der Waals surface area contributed by atoms with Gasteiger partial charge in [0.15, 0.2) is 0 Å². The molecule has 1 rings (SSSR count). The van der Waals surface area contributed by atoms with Crippen LogP contribution >= 0.6 is 0 Å². The van der Waals surface area contributed by atoms with E-state index in [1.54, 1.807) is 0 Å². The molecular weight excluding hydrogens is 166 g/mol. The largest absolute Gasteiger partial charge is 0.480 e. The van der Waals surface area contributed by atoms with E-state index in [4.69, 9.17) is 0 Å². The molecule has 1 fully saturated rings. The van der Waals surface area contributed by atoms with E-state index < -0.39 is 11.5 Å². The zero-order chi connectivity index (χ0) is 10.1. The number of carbonyl (C=O) groups is 1. The minimum atomic E-state index is -0.717. The van der Waals surface area contributed by atoms with E-state index in [1.165, 1.54) is 0 Å². The summed E-state index contributed by atoms with van der Waals surface area (Å²) >= 11 is 0. The molecule has 13 heavy (non-hydrogen) atoms. The van der Waals surface area contributed by atoms with Crippen molar-refractivity contribution < 1.29 is 9.90 Å². The molecule has 0 saturated carbocycles. The smallest absolute Gasteiger partial charge is 0.324 e. The van der Waals surface area contributed by atoms with Gasteiger partial charge in [0.2, 0.25) is 0 Å². The van der Waals surface area contributed by atoms with Gasteiger partial charge in [-0.25, -0.2) is 0 Å². The number of hydrogen-bond donors (Lipinski definition) is 2. The predicted molar refractivity (Wildman–Crippen MR) is 51.7 cm³/mol. The van der Waals surface area contributed by atoms with Gasteiger partial charge in [0, 0.05) is 0 Å². The molecule has 0 spiro atoms. The zero-order valence-electron chi connectivity index (χ0n) is 8.68. The van der Waals surface area contributed by atoms with E-state index in [0.29, 0.717) is 0 Å². The predicted octanol–water partition coefficient (Wildman–Crippen LogP) is 1.63. The van der Waals surface area contributed by atoms with E-state index in [2.05, 4.69) is 5.32 Å². The molecule has 1 atom stereocenters. The SMILES string of the molecule is CC(C)(C)C1(C(=O)O)CCCCN1. The first-order valence-electron chi connectivity index (χ1n) is 4.88. The molecule has 0 aromatic rings. The second-order valence-electron chi connectivity index (χ2n) is 4.84. The zero-order valence-corrected chi connectivity index (χ0v) is 8.68. The first kappa shape index (κ1) is 10.5. The summed E-state index contributed by atoms with van der Waals surface area (Å²) in [5, 5.41) is 12.4. The summed E-state index contributed by atoms with van der Waals surface area (Å²) in [7, 11) is 0. The number of nitrogens with one attached hydrogen (secondary N) is 1. The number of carboxylic acids is 1. The third kappa shape index (κ3) is 1.70. The van der Waals surface area contributed by atoms with Gasteiger partial charge < -0.3 is 10.4 Å². The molecule has 0 aliphatic carbocycles. The van der Waals surface area contributed by atoms with E-state index in [-0.39, 0.29) is 5.41 Å². The monoisotopic (exact) mass is 185 g/mol. The van der Waals surface area contributed by atoms with Crippen molar-refractivity contribution in [3.05, 3.63) is 0 Å². The van der Waals surface area contributed by atoms with Crippen molar-refractivity contribution >= 4 is 5.97 Å². The molecule has 2 N–H and O–H groups in total. The van der Waals surface area contributed by atoms with Crippen LogP contribution in [0.3, 0.4) is 0 Å². The highest BCUT2D eigenvalue weighted by molar-refractivity contribution is 5.80. The minimum absolute atomic E-state index is 0.223. The van der Waals surface area contributed by atoms with Crippen LogP contribution in [0.5, 0.6) is 0 Å². The van der Waals surface area contributed by atoms with Crippen LogP contribution < -0.4 is 5.32 Å². The Balaban J connectivity index is 2.93. The molecule has 0 bridgehead atoms. The number of rotatable bonds is 1. The number of aliphatic carboxylic acids is 1. The number of carboxylic acid groups (broad SMARTS) is 1. The normalized spacial score (nSPS) is 30.1. The summed E-state index contributed by atoms with van der Waals surface area (Å²) in [6.07, 6.45) is 2.84. The van der Waals surface area contributed by atoms with Gasteiger partial charge in [0.05, 0.1) is 0 Å². The Hall–Kier alpha value is -0.570. The topological polar surface area (TPSA) is 49.3 Å². The molecule has 0 radical (unpaired) electrons. The Morgan fingerprint density at radius 1 is 1.38 bits per heavy atom. The van der Waals surface area contributed by atoms with Crippen molar-refractivity contribution in [3.8, 4) is 0 Å². The summed E-state index contributed by atoms with van der Waals surface area (Å²) in [5.41, 5.74) is -0.940. The van der Waals surface area contributed by atoms with Crippen LogP contribution in [0.4, 0.5) is 0 Å². The van der Waals surface area contributed by atoms with Gasteiger partial charge in [-0.2, -0.15) is 0 Å². The third-order valence-electron chi connectivity index (χ3n) is 3.05. The Labute approximate surface area is 79.5 Å². The lowest BCUT2D eigenvalue weighted by Crippen LogP contribution is -2.62. The second kappa shape index (κ2) is 3.29. The number of hydrogen-bond acceptors (Lipinski definition) is 2. The molecule has 1 aliphatic heterocycles. The fourth-order valence-electron chi connectivity index (χ4n) is 2.05. The van der Waals surface area contributed by atoms with Gasteiger partial charge >= 0.3 is 5.97 Å². The fourth-order valence-corrected chi connectivity index (χ4v) is 2.05. The molecule has 3 nitrogen and oxygen atoms in total. The van der Waals surface area contributed by atoms with Crippen LogP contribution in [-0.2, 0) is 4.79 Å². The van der Waals surface area contributed by atoms with Crippen molar-refractivity contribution in [1.82, 2.24) is 5.32 Å². The van der Waals surface area contributed by atoms with Crippen LogP contribution in [-0.4, -0.2) is 23.2 Å². The van der Waals surface area contributed by atoms with Gasteiger partial charge in [-0.3, -0.25) is 4.79 Å². The Morgan fingerprint density at radius 2 is 2.00 bits per heavy atom. The molecule has 1 aliphatic rings. The van der Waals surface area contributed by atoms with Crippen molar-refractivity contribution in [2.75, 3.05) is 6.54 Å². The lowest BCUT2D eigenvalue weighted by atomic mass is 9.69. The summed E-state index contributed by atoms with van der Waals surface area (Å²) < 4.78 is 0. The van der Waals surface area contributed by atoms with Gasteiger partial charge in [-0.1, -0.05) is 20.8 Å². The highest BCUT2D eigenvalue weighted by Gasteiger charge is 2.48. The lowest BCUT2D eigenvalue weighted by Gasteiger charge is -2.44. The Kier molecular flexibility index (Phi) is 2.66. The van der Waals surface area contributed by atoms with Crippen LogP contribution in [0.2, 0.25) is 0 Å². The van der Waals surface area contributed by atoms with E-state index in [0.717, 1.165) is 25.8 Å². The van der Waals surface area contributed by atoms with Gasteiger partial charge in [-0.15, -0.1) is 0 Å². The maximum Gasteiger partial charge on any atom is 0.324 e. The average Bonchev–Trinajstić information content (AvgIpc) is 2.03. The molecule has 0 aromatic heterocycles. The van der Waals surface area contributed by atoms with Gasteiger partial charge in [-0.05, 0) is 31.2 Å². The van der Waals surface area contributed by atoms with Crippen LogP contribution in [0.25, 0.3) is 0 Å². The van der Waals surface area contributed by atoms with Crippen LogP contribution in [0.1, 0.15) is 40.0 Å². The summed E-state index contributed by atoms with van der Waals surface area (Å²) in [6, 6.07) is 0. The average molecular weight is 185 g/mol. The first-order valence-corrected chi connectivity index (χ1v) is 4.88. The minimum Gasteiger partial charge on any atom is -0.480 e. The molecule has 0 amide bonds. The van der Waals surface area contributed by atoms with Crippen molar-refractivity contribution in [3.63, 3.8) is 0 Å². The Morgan fingerprint density at radius 3 is 2.23 bits per heavy atom. The molecule has 1 heterocycles. The summed E-state index contributed by atoms with van der Waals surface area (Å²) in [4.78, 5) is 11.3. The van der Waals surface area contributed by atoms with Crippen molar-refractivity contribution in [1.29, 1.82) is 0 Å². The van der Waals surface area contributed by atoms with Crippen LogP contribution in [0.15, 0.2) is 0 Å². The quantitative estimate of drug-likeness (QED) is 0.652. The van der Waals surface area contributed by atoms with Crippen molar-refractivity contribution in [2.24, 2.45) is 5.41 Å². The van der Waals surface area contributed by atoms with Crippen LogP contribution in [0, 0.1) is 5.41 Å². The maximum atomic E-state index is 11.3. The second-order valence-corrected chi connectivity index (χ2v) is 4.84. The lowest BCUT2D eigenvalue weighted by molar-refractivity contribution is -0.151. The molecular formula is C10H19NO2. The fraction of sp³-hybridized carbons (Fsp3) is 0.900. The molecule has 1 unspecified atom stereocenters. The first-order chi connectivity index (χ1) is 5.90. The molecule has 0 aromatic carbocycles. The Bertz CT molecular complexity index is 199. The standard InChI is InChI=1S/C10H19NO2/c1-9(2,3)10(8(12)13)6-4-5-7-11-10/h11H,4-7H2,1-3H3,(H,12,13). The highest BCUT2D eigenvalue weighted by atomic mass is 16.4. The molecule has 76 valence electrons. The summed E-state index contributed by atoms with van der Waals surface area (Å²) in [5.74, 6) is -0.709. The van der Waals surface area contributed by atoms with E-state index in [1.807, 2.05) is 20.8 Å². The third-order valence-corrected chi connectivity index (χ3v) is 3.05.